The largest absolute Gasteiger partial charge is 0.495 e. The highest BCUT2D eigenvalue weighted by molar-refractivity contribution is 6.31. The summed E-state index contributed by atoms with van der Waals surface area (Å²) in [6.07, 6.45) is 1.45. The minimum atomic E-state index is 0.545. The number of nitrogens with zero attached hydrogens (tertiary/aromatic N) is 5. The molecule has 0 aliphatic heterocycles. The first-order chi connectivity index (χ1) is 9.69. The number of halogens is 1. The van der Waals surface area contributed by atoms with Crippen LogP contribution in [0.3, 0.4) is 0 Å². The van der Waals surface area contributed by atoms with Crippen LogP contribution in [0.2, 0.25) is 5.02 Å². The third-order valence-corrected chi connectivity index (χ3v) is 3.04. The van der Waals surface area contributed by atoms with E-state index >= 15 is 0 Å². The molecule has 0 atom stereocenters. The molecule has 0 amide bonds. The molecule has 0 bridgehead atoms. The van der Waals surface area contributed by atoms with E-state index in [1.54, 1.807) is 37.0 Å². The molecule has 0 aliphatic rings. The lowest BCUT2D eigenvalue weighted by Gasteiger charge is -2.10. The molecule has 2 heterocycles. The van der Waals surface area contributed by atoms with Gasteiger partial charge in [0.15, 0.2) is 17.0 Å². The van der Waals surface area contributed by atoms with Crippen molar-refractivity contribution < 1.29 is 4.74 Å². The van der Waals surface area contributed by atoms with Crippen LogP contribution in [-0.4, -0.2) is 32.1 Å². The second-order valence-corrected chi connectivity index (χ2v) is 4.51. The van der Waals surface area contributed by atoms with Crippen LogP contribution in [0.25, 0.3) is 11.2 Å². The molecule has 0 saturated carbocycles. The number of benzene rings is 1. The van der Waals surface area contributed by atoms with E-state index in [0.717, 1.165) is 0 Å². The molecule has 7 nitrogen and oxygen atoms in total. The van der Waals surface area contributed by atoms with E-state index in [0.29, 0.717) is 33.4 Å². The van der Waals surface area contributed by atoms with Crippen molar-refractivity contribution in [1.29, 1.82) is 0 Å². The van der Waals surface area contributed by atoms with Crippen LogP contribution in [0.5, 0.6) is 5.75 Å². The summed E-state index contributed by atoms with van der Waals surface area (Å²) in [6.45, 7) is 0. The lowest BCUT2D eigenvalue weighted by atomic mass is 10.3. The number of rotatable bonds is 3. The highest BCUT2D eigenvalue weighted by atomic mass is 35.5. The third-order valence-electron chi connectivity index (χ3n) is 2.80. The van der Waals surface area contributed by atoms with E-state index in [1.165, 1.54) is 6.33 Å². The van der Waals surface area contributed by atoms with Crippen LogP contribution in [0.4, 0.5) is 11.5 Å². The van der Waals surface area contributed by atoms with Gasteiger partial charge >= 0.3 is 0 Å². The molecule has 0 saturated heterocycles. The van der Waals surface area contributed by atoms with E-state index in [2.05, 4.69) is 25.6 Å². The van der Waals surface area contributed by atoms with E-state index in [9.17, 15) is 0 Å². The monoisotopic (exact) mass is 290 g/mol. The van der Waals surface area contributed by atoms with Gasteiger partial charge in [-0.1, -0.05) is 16.8 Å². The zero-order valence-corrected chi connectivity index (χ0v) is 11.6. The summed E-state index contributed by atoms with van der Waals surface area (Å²) in [7, 11) is 3.36. The number of anilines is 2. The first-order valence-corrected chi connectivity index (χ1v) is 6.18. The standard InChI is InChI=1S/C12H11ClN6O/c1-19-12-10(17-18-19)11(14-6-15-12)16-8-5-7(13)3-4-9(8)20-2/h3-6H,1-2H3,(H,14,15,16). The summed E-state index contributed by atoms with van der Waals surface area (Å²) < 4.78 is 6.86. The van der Waals surface area contributed by atoms with Crippen molar-refractivity contribution in [3.05, 3.63) is 29.5 Å². The number of ether oxygens (including phenoxy) is 1. The summed E-state index contributed by atoms with van der Waals surface area (Å²) in [4.78, 5) is 8.32. The summed E-state index contributed by atoms with van der Waals surface area (Å²) >= 11 is 6.00. The Morgan fingerprint density at radius 1 is 1.30 bits per heavy atom. The molecule has 20 heavy (non-hydrogen) atoms. The summed E-state index contributed by atoms with van der Waals surface area (Å²) in [6, 6.07) is 5.29. The van der Waals surface area contributed by atoms with Crippen molar-refractivity contribution in [2.45, 2.75) is 0 Å². The van der Waals surface area contributed by atoms with Gasteiger partial charge in [0.25, 0.3) is 0 Å². The SMILES string of the molecule is COc1ccc(Cl)cc1Nc1ncnc2c1nnn2C. The number of fused-ring (bicyclic) bond motifs is 1. The van der Waals surface area contributed by atoms with Crippen molar-refractivity contribution in [3.63, 3.8) is 0 Å². The predicted molar refractivity (Wildman–Crippen MR) is 75.4 cm³/mol. The maximum absolute atomic E-state index is 6.00. The summed E-state index contributed by atoms with van der Waals surface area (Å²) in [5.74, 6) is 1.20. The Hall–Kier alpha value is -2.41. The average molecular weight is 291 g/mol. The van der Waals surface area contributed by atoms with Crippen LogP contribution in [-0.2, 0) is 7.05 Å². The smallest absolute Gasteiger partial charge is 0.183 e. The molecule has 8 heteroatoms. The third kappa shape index (κ3) is 2.12. The van der Waals surface area contributed by atoms with Gasteiger partial charge in [-0.15, -0.1) is 5.10 Å². The number of aryl methyl sites for hydroxylation is 1. The van der Waals surface area contributed by atoms with Crippen molar-refractivity contribution in [3.8, 4) is 5.75 Å². The second-order valence-electron chi connectivity index (χ2n) is 4.08. The zero-order valence-electron chi connectivity index (χ0n) is 10.8. The minimum Gasteiger partial charge on any atom is -0.495 e. The molecule has 1 N–H and O–H groups in total. The first kappa shape index (κ1) is 12.6. The van der Waals surface area contributed by atoms with Crippen LogP contribution < -0.4 is 10.1 Å². The van der Waals surface area contributed by atoms with Crippen LogP contribution in [0.15, 0.2) is 24.5 Å². The summed E-state index contributed by atoms with van der Waals surface area (Å²) in [5, 5.41) is 11.7. The van der Waals surface area contributed by atoms with Crippen LogP contribution in [0, 0.1) is 0 Å². The zero-order chi connectivity index (χ0) is 14.1. The highest BCUT2D eigenvalue weighted by Crippen LogP contribution is 2.31. The highest BCUT2D eigenvalue weighted by Gasteiger charge is 2.12. The van der Waals surface area contributed by atoms with Crippen molar-refractivity contribution in [2.24, 2.45) is 7.05 Å². The Balaban J connectivity index is 2.07. The molecular formula is C12H11ClN6O. The van der Waals surface area contributed by atoms with E-state index < -0.39 is 0 Å². The fourth-order valence-corrected chi connectivity index (χ4v) is 2.02. The van der Waals surface area contributed by atoms with E-state index in [4.69, 9.17) is 16.3 Å². The predicted octanol–water partition coefficient (Wildman–Crippen LogP) is 2.16. The molecule has 0 unspecified atom stereocenters. The van der Waals surface area contributed by atoms with Gasteiger partial charge in [0.2, 0.25) is 0 Å². The maximum atomic E-state index is 6.00. The van der Waals surface area contributed by atoms with Gasteiger partial charge < -0.3 is 10.1 Å². The number of methoxy groups -OCH3 is 1. The van der Waals surface area contributed by atoms with E-state index in [-0.39, 0.29) is 0 Å². The first-order valence-electron chi connectivity index (χ1n) is 5.80. The molecular weight excluding hydrogens is 280 g/mol. The number of hydrogen-bond donors (Lipinski definition) is 1. The molecule has 3 aromatic rings. The summed E-state index contributed by atoms with van der Waals surface area (Å²) in [5.41, 5.74) is 1.92. The van der Waals surface area contributed by atoms with Gasteiger partial charge in [-0.05, 0) is 18.2 Å². The van der Waals surface area contributed by atoms with Gasteiger partial charge in [-0.3, -0.25) is 0 Å². The lowest BCUT2D eigenvalue weighted by Crippen LogP contribution is -1.99. The van der Waals surface area contributed by atoms with Crippen molar-refractivity contribution >= 4 is 34.3 Å². The Kier molecular flexibility index (Phi) is 3.11. The normalized spacial score (nSPS) is 10.8. The molecule has 1 aromatic carbocycles. The lowest BCUT2D eigenvalue weighted by molar-refractivity contribution is 0.417. The fraction of sp³-hybridized carbons (Fsp3) is 0.167. The van der Waals surface area contributed by atoms with Gasteiger partial charge in [0.1, 0.15) is 12.1 Å². The van der Waals surface area contributed by atoms with Gasteiger partial charge in [-0.25, -0.2) is 14.6 Å². The second kappa shape index (κ2) is 4.93. The molecule has 0 radical (unpaired) electrons. The maximum Gasteiger partial charge on any atom is 0.183 e. The fourth-order valence-electron chi connectivity index (χ4n) is 1.85. The Labute approximate surface area is 119 Å². The number of nitrogens with one attached hydrogen (secondary N) is 1. The number of aromatic nitrogens is 5. The average Bonchev–Trinajstić information content (AvgIpc) is 2.82. The molecule has 2 aromatic heterocycles. The van der Waals surface area contributed by atoms with Gasteiger partial charge in [-0.2, -0.15) is 0 Å². The number of hydrogen-bond acceptors (Lipinski definition) is 6. The van der Waals surface area contributed by atoms with Crippen molar-refractivity contribution in [1.82, 2.24) is 25.0 Å². The molecule has 0 spiro atoms. The molecule has 3 rings (SSSR count). The Bertz CT molecular complexity index is 772. The molecule has 0 fully saturated rings. The minimum absolute atomic E-state index is 0.545. The van der Waals surface area contributed by atoms with Crippen LogP contribution in [0.1, 0.15) is 0 Å². The van der Waals surface area contributed by atoms with Gasteiger partial charge in [0.05, 0.1) is 12.8 Å². The Morgan fingerprint density at radius 3 is 2.95 bits per heavy atom. The van der Waals surface area contributed by atoms with Gasteiger partial charge in [0, 0.05) is 12.1 Å². The quantitative estimate of drug-likeness (QED) is 0.796. The van der Waals surface area contributed by atoms with E-state index in [1.807, 2.05) is 0 Å². The Morgan fingerprint density at radius 2 is 2.15 bits per heavy atom. The van der Waals surface area contributed by atoms with Crippen molar-refractivity contribution in [2.75, 3.05) is 12.4 Å². The topological polar surface area (TPSA) is 77.8 Å². The molecule has 102 valence electrons. The molecule has 0 aliphatic carbocycles. The van der Waals surface area contributed by atoms with Crippen LogP contribution >= 0.6 is 11.6 Å².